The molecule has 62 valence electrons. The SMILES string of the molecule is C=CC(=O)O.CC(=[CH][Na])C(=O)O. The summed E-state index contributed by atoms with van der Waals surface area (Å²) < 4.78 is 1.70. The van der Waals surface area contributed by atoms with E-state index in [0.717, 1.165) is 34.0 Å². The Balaban J connectivity index is 0. The van der Waals surface area contributed by atoms with Gasteiger partial charge in [-0.1, -0.05) is 6.58 Å². The third-order valence-corrected chi connectivity index (χ3v) is 1.81. The van der Waals surface area contributed by atoms with Gasteiger partial charge in [0.2, 0.25) is 0 Å². The Morgan fingerprint density at radius 1 is 1.42 bits per heavy atom. The molecule has 0 aliphatic rings. The number of carboxylic acid groups (broad SMARTS) is 2. The van der Waals surface area contributed by atoms with Crippen LogP contribution in [0.3, 0.4) is 0 Å². The molecule has 0 fully saturated rings. The second-order valence-electron chi connectivity index (χ2n) is 1.82. The maximum atomic E-state index is 9.88. The van der Waals surface area contributed by atoms with Crippen molar-refractivity contribution in [3.05, 3.63) is 21.6 Å². The molecule has 0 saturated heterocycles. The monoisotopic (exact) mass is 180 g/mol. The van der Waals surface area contributed by atoms with Gasteiger partial charge in [0.15, 0.2) is 0 Å². The molecule has 2 N–H and O–H groups in total. The van der Waals surface area contributed by atoms with E-state index >= 15 is 0 Å². The normalized spacial score (nSPS) is 9.42. The molecule has 0 saturated carbocycles. The standard InChI is InChI=1S/C4H5O2.C3H4O2.Na/c1-3(2)4(5)6;1-2-3(4)5;/h1H,2H3,(H,5,6);2H,1H2,(H,4,5);. The van der Waals surface area contributed by atoms with Crippen LogP contribution < -0.4 is 0 Å². The van der Waals surface area contributed by atoms with Gasteiger partial charge in [-0.3, -0.25) is 0 Å². The van der Waals surface area contributed by atoms with E-state index in [2.05, 4.69) is 6.58 Å². The van der Waals surface area contributed by atoms with E-state index < -0.39 is 11.9 Å². The Kier molecular flexibility index (Phi) is 9.92. The molecule has 0 atom stereocenters. The first-order chi connectivity index (χ1) is 5.45. The van der Waals surface area contributed by atoms with Gasteiger partial charge in [0.1, 0.15) is 0 Å². The quantitative estimate of drug-likeness (QED) is 0.476. The van der Waals surface area contributed by atoms with Crippen LogP contribution in [0.15, 0.2) is 21.6 Å². The Morgan fingerprint density at radius 3 is 1.75 bits per heavy atom. The summed E-state index contributed by atoms with van der Waals surface area (Å²) in [5.41, 5.74) is 0.451. The number of rotatable bonds is 2. The van der Waals surface area contributed by atoms with Gasteiger partial charge in [0, 0.05) is 6.08 Å². The zero-order chi connectivity index (χ0) is 10.1. The van der Waals surface area contributed by atoms with Gasteiger partial charge in [-0.2, -0.15) is 0 Å². The first kappa shape index (κ1) is 14.0. The predicted octanol–water partition coefficient (Wildman–Crippen LogP) is 0.400. The van der Waals surface area contributed by atoms with Crippen molar-refractivity contribution in [2.24, 2.45) is 0 Å². The molecule has 5 heteroatoms. The molecule has 0 rings (SSSR count). The Hall–Kier alpha value is -0.580. The van der Waals surface area contributed by atoms with Crippen LogP contribution in [0.1, 0.15) is 6.92 Å². The van der Waals surface area contributed by atoms with Crippen molar-refractivity contribution in [3.8, 4) is 0 Å². The fourth-order valence-electron chi connectivity index (χ4n) is 0.123. The van der Waals surface area contributed by atoms with Crippen LogP contribution in [0, 0.1) is 0 Å². The molecular formula is C7H9NaO4. The molecule has 0 heterocycles. The summed E-state index contributed by atoms with van der Waals surface area (Å²) in [6, 6.07) is 0. The molecule has 0 aliphatic heterocycles. The first-order valence-corrected chi connectivity index (χ1v) is 4.32. The molecule has 0 spiro atoms. The number of hydrogen-bond acceptors (Lipinski definition) is 2. The van der Waals surface area contributed by atoms with Gasteiger partial charge in [-0.25, -0.2) is 4.79 Å². The van der Waals surface area contributed by atoms with E-state index in [4.69, 9.17) is 10.2 Å². The fourth-order valence-corrected chi connectivity index (χ4v) is 0.370. The first-order valence-electron chi connectivity index (χ1n) is 3.17. The van der Waals surface area contributed by atoms with E-state index in [1.807, 2.05) is 0 Å². The van der Waals surface area contributed by atoms with Crippen LogP contribution in [0.5, 0.6) is 0 Å². The topological polar surface area (TPSA) is 74.6 Å². The predicted molar refractivity (Wildman–Crippen MR) is 45.0 cm³/mol. The van der Waals surface area contributed by atoms with Gasteiger partial charge in [-0.05, 0) is 0 Å². The molecule has 0 amide bonds. The summed E-state index contributed by atoms with van der Waals surface area (Å²) in [6.07, 6.45) is 0.833. The minimum absolute atomic E-state index is 0.451. The second kappa shape index (κ2) is 8.52. The third kappa shape index (κ3) is 12.1. The van der Waals surface area contributed by atoms with E-state index in [0.29, 0.717) is 5.57 Å². The van der Waals surface area contributed by atoms with Crippen molar-refractivity contribution in [2.45, 2.75) is 6.92 Å². The van der Waals surface area contributed by atoms with Crippen LogP contribution in [0.25, 0.3) is 0 Å². The molecule has 0 aromatic rings. The fraction of sp³-hybridized carbons (Fsp3) is 0.143. The summed E-state index contributed by atoms with van der Waals surface area (Å²) in [5, 5.41) is 15.7. The second-order valence-corrected chi connectivity index (χ2v) is 2.40. The van der Waals surface area contributed by atoms with Gasteiger partial charge in [0.05, 0.1) is 0 Å². The molecule has 12 heavy (non-hydrogen) atoms. The minimum atomic E-state index is -0.981. The summed E-state index contributed by atoms with van der Waals surface area (Å²) >= 11 is 0.828. The van der Waals surface area contributed by atoms with Crippen molar-refractivity contribution in [1.82, 2.24) is 0 Å². The molecule has 0 aromatic heterocycles. The van der Waals surface area contributed by atoms with E-state index in [9.17, 15) is 9.59 Å². The Labute approximate surface area is 88.0 Å². The van der Waals surface area contributed by atoms with E-state index in [1.165, 1.54) is 0 Å². The average molecular weight is 180 g/mol. The average Bonchev–Trinajstić information content (AvgIpc) is 2.04. The van der Waals surface area contributed by atoms with Crippen molar-refractivity contribution in [3.63, 3.8) is 0 Å². The molecule has 0 bridgehead atoms. The van der Waals surface area contributed by atoms with Gasteiger partial charge < -0.3 is 5.11 Å². The van der Waals surface area contributed by atoms with Crippen LogP contribution in [0.4, 0.5) is 0 Å². The van der Waals surface area contributed by atoms with Crippen molar-refractivity contribution in [2.75, 3.05) is 0 Å². The molecule has 0 radical (unpaired) electrons. The van der Waals surface area contributed by atoms with Crippen LogP contribution in [0.2, 0.25) is 0 Å². The summed E-state index contributed by atoms with van der Waals surface area (Å²) in [5.74, 6) is -1.79. The molecule has 0 aliphatic carbocycles. The number of aliphatic carboxylic acids is 2. The Bertz CT molecular complexity index is 207. The number of carbonyl (C=O) groups is 2. The zero-order valence-electron chi connectivity index (χ0n) is 7.07. The molecule has 0 aromatic carbocycles. The van der Waals surface area contributed by atoms with Crippen molar-refractivity contribution in [1.29, 1.82) is 0 Å². The third-order valence-electron chi connectivity index (χ3n) is 0.945. The van der Waals surface area contributed by atoms with Crippen LogP contribution in [-0.2, 0) is 9.59 Å². The number of hydrogen-bond donors (Lipinski definition) is 2. The van der Waals surface area contributed by atoms with Crippen molar-refractivity contribution < 1.29 is 19.8 Å². The summed E-state index contributed by atoms with van der Waals surface area (Å²) in [7, 11) is 0. The van der Waals surface area contributed by atoms with Gasteiger partial charge >= 0.3 is 65.6 Å². The van der Waals surface area contributed by atoms with E-state index in [1.54, 1.807) is 10.2 Å². The zero-order valence-corrected chi connectivity index (χ0v) is 9.07. The van der Waals surface area contributed by atoms with E-state index in [-0.39, 0.29) is 0 Å². The Morgan fingerprint density at radius 2 is 1.75 bits per heavy atom. The molecule has 0 unspecified atom stereocenters. The van der Waals surface area contributed by atoms with Gasteiger partial charge in [0.25, 0.3) is 0 Å². The number of carboxylic acids is 2. The van der Waals surface area contributed by atoms with Crippen LogP contribution >= 0.6 is 0 Å². The van der Waals surface area contributed by atoms with Crippen molar-refractivity contribution >= 4 is 39.9 Å². The summed E-state index contributed by atoms with van der Waals surface area (Å²) in [4.78, 5) is 19.1. The molecular weight excluding hydrogens is 171 g/mol. The summed E-state index contributed by atoms with van der Waals surface area (Å²) in [6.45, 7) is 4.55. The maximum absolute atomic E-state index is 9.88. The molecule has 4 nitrogen and oxygen atoms in total. The van der Waals surface area contributed by atoms with Gasteiger partial charge in [-0.15, -0.1) is 0 Å². The van der Waals surface area contributed by atoms with Crippen LogP contribution in [-0.4, -0.2) is 50.1 Å².